The standard InChI is InChI=1S/C18H21FN4O2S2/c19-15-4-2-1-3-13(15)5-8-20-17(25)14-6-9-23(10-7-14)16(24)11-26-18-22-21-12-27-18/h1-4,12,14H,5-11H2,(H,20,25). The Balaban J connectivity index is 1.36. The van der Waals surface area contributed by atoms with Gasteiger partial charge in [0, 0.05) is 25.6 Å². The number of piperidine rings is 1. The van der Waals surface area contributed by atoms with Gasteiger partial charge in [-0.1, -0.05) is 41.3 Å². The second kappa shape index (κ2) is 9.80. The lowest BCUT2D eigenvalue weighted by molar-refractivity contribution is -0.133. The van der Waals surface area contributed by atoms with Gasteiger partial charge in [-0.05, 0) is 30.9 Å². The largest absolute Gasteiger partial charge is 0.356 e. The minimum Gasteiger partial charge on any atom is -0.356 e. The molecule has 0 saturated carbocycles. The van der Waals surface area contributed by atoms with E-state index in [1.54, 1.807) is 28.6 Å². The Labute approximate surface area is 165 Å². The highest BCUT2D eigenvalue weighted by Crippen LogP contribution is 2.22. The average Bonchev–Trinajstić information content (AvgIpc) is 3.21. The molecule has 27 heavy (non-hydrogen) atoms. The monoisotopic (exact) mass is 408 g/mol. The van der Waals surface area contributed by atoms with E-state index in [0.717, 1.165) is 4.34 Å². The van der Waals surface area contributed by atoms with Gasteiger partial charge in [0.25, 0.3) is 0 Å². The van der Waals surface area contributed by atoms with E-state index >= 15 is 0 Å². The van der Waals surface area contributed by atoms with E-state index in [1.165, 1.54) is 29.2 Å². The van der Waals surface area contributed by atoms with Crippen molar-refractivity contribution < 1.29 is 14.0 Å². The molecule has 1 aromatic carbocycles. The molecule has 0 spiro atoms. The lowest BCUT2D eigenvalue weighted by Crippen LogP contribution is -2.44. The topological polar surface area (TPSA) is 75.2 Å². The predicted octanol–water partition coefficient (Wildman–Crippen LogP) is 2.37. The average molecular weight is 409 g/mol. The van der Waals surface area contributed by atoms with Crippen LogP contribution < -0.4 is 5.32 Å². The summed E-state index contributed by atoms with van der Waals surface area (Å²) in [7, 11) is 0. The summed E-state index contributed by atoms with van der Waals surface area (Å²) in [6.07, 6.45) is 1.78. The van der Waals surface area contributed by atoms with Crippen LogP contribution in [0.2, 0.25) is 0 Å². The van der Waals surface area contributed by atoms with E-state index in [2.05, 4.69) is 15.5 Å². The minimum absolute atomic E-state index is 0.0123. The van der Waals surface area contributed by atoms with E-state index in [9.17, 15) is 14.0 Å². The third-order valence-corrected chi connectivity index (χ3v) is 6.37. The van der Waals surface area contributed by atoms with Crippen molar-refractivity contribution in [2.75, 3.05) is 25.4 Å². The first kappa shape index (κ1) is 19.8. The van der Waals surface area contributed by atoms with Crippen molar-refractivity contribution in [1.82, 2.24) is 20.4 Å². The van der Waals surface area contributed by atoms with Crippen molar-refractivity contribution in [2.24, 2.45) is 5.92 Å². The number of rotatable bonds is 7. The molecule has 1 aliphatic rings. The normalized spacial score (nSPS) is 14.9. The molecule has 1 aromatic heterocycles. The number of nitrogens with zero attached hydrogens (tertiary/aromatic N) is 3. The highest BCUT2D eigenvalue weighted by Gasteiger charge is 2.27. The number of aromatic nitrogens is 2. The second-order valence-electron chi connectivity index (χ2n) is 6.28. The molecule has 9 heteroatoms. The zero-order chi connectivity index (χ0) is 19.1. The van der Waals surface area contributed by atoms with Gasteiger partial charge < -0.3 is 10.2 Å². The quantitative estimate of drug-likeness (QED) is 0.712. The first-order valence-corrected chi connectivity index (χ1v) is 10.7. The summed E-state index contributed by atoms with van der Waals surface area (Å²) >= 11 is 2.81. The summed E-state index contributed by atoms with van der Waals surface area (Å²) in [6.45, 7) is 1.58. The Kier molecular flexibility index (Phi) is 7.17. The Bertz CT molecular complexity index is 764. The van der Waals surface area contributed by atoms with Crippen molar-refractivity contribution in [2.45, 2.75) is 23.6 Å². The van der Waals surface area contributed by atoms with Crippen molar-refractivity contribution >= 4 is 34.9 Å². The van der Waals surface area contributed by atoms with Gasteiger partial charge >= 0.3 is 0 Å². The number of halogens is 1. The number of hydrogen-bond donors (Lipinski definition) is 1. The molecule has 1 N–H and O–H groups in total. The third kappa shape index (κ3) is 5.74. The maximum Gasteiger partial charge on any atom is 0.233 e. The molecule has 0 bridgehead atoms. The number of carbonyl (C=O) groups is 2. The fourth-order valence-corrected chi connectivity index (χ4v) is 4.39. The Morgan fingerprint density at radius 2 is 2.07 bits per heavy atom. The third-order valence-electron chi connectivity index (χ3n) is 4.53. The van der Waals surface area contributed by atoms with Crippen LogP contribution in [0.1, 0.15) is 18.4 Å². The van der Waals surface area contributed by atoms with Crippen molar-refractivity contribution in [3.05, 3.63) is 41.2 Å². The molecule has 2 amide bonds. The van der Waals surface area contributed by atoms with Crippen molar-refractivity contribution in [3.8, 4) is 0 Å². The summed E-state index contributed by atoms with van der Waals surface area (Å²) in [5, 5.41) is 10.5. The van der Waals surface area contributed by atoms with Gasteiger partial charge in [-0.3, -0.25) is 9.59 Å². The second-order valence-corrected chi connectivity index (χ2v) is 8.34. The summed E-state index contributed by atoms with van der Waals surface area (Å²) in [5.74, 6) is 0.0556. The number of thioether (sulfide) groups is 1. The summed E-state index contributed by atoms with van der Waals surface area (Å²) in [4.78, 5) is 26.4. The fraction of sp³-hybridized carbons (Fsp3) is 0.444. The first-order chi connectivity index (χ1) is 13.1. The molecule has 3 rings (SSSR count). The number of amides is 2. The number of likely N-dealkylation sites (tertiary alicyclic amines) is 1. The first-order valence-electron chi connectivity index (χ1n) is 8.81. The van der Waals surface area contributed by atoms with Crippen LogP contribution in [0.25, 0.3) is 0 Å². The lowest BCUT2D eigenvalue weighted by atomic mass is 9.96. The maximum absolute atomic E-state index is 13.6. The van der Waals surface area contributed by atoms with Gasteiger partial charge in [0.1, 0.15) is 11.3 Å². The zero-order valence-electron chi connectivity index (χ0n) is 14.8. The maximum atomic E-state index is 13.6. The summed E-state index contributed by atoms with van der Waals surface area (Å²) < 4.78 is 14.4. The van der Waals surface area contributed by atoms with Crippen molar-refractivity contribution in [3.63, 3.8) is 0 Å². The van der Waals surface area contributed by atoms with Crippen LogP contribution in [0, 0.1) is 11.7 Å². The van der Waals surface area contributed by atoms with Crippen molar-refractivity contribution in [1.29, 1.82) is 0 Å². The Morgan fingerprint density at radius 1 is 1.30 bits per heavy atom. The molecule has 1 saturated heterocycles. The SMILES string of the molecule is O=C(NCCc1ccccc1F)C1CCN(C(=O)CSc2nncs2)CC1. The summed E-state index contributed by atoms with van der Waals surface area (Å²) in [5.41, 5.74) is 2.24. The number of benzene rings is 1. The zero-order valence-corrected chi connectivity index (χ0v) is 16.4. The summed E-state index contributed by atoms with van der Waals surface area (Å²) in [6, 6.07) is 6.59. The number of hydrogen-bond acceptors (Lipinski definition) is 6. The lowest BCUT2D eigenvalue weighted by Gasteiger charge is -2.31. The van der Waals surface area contributed by atoms with E-state index in [-0.39, 0.29) is 23.5 Å². The van der Waals surface area contributed by atoms with Gasteiger partial charge in [-0.2, -0.15) is 0 Å². The molecule has 2 aromatic rings. The molecule has 6 nitrogen and oxygen atoms in total. The van der Waals surface area contributed by atoms with Crippen LogP contribution in [0.15, 0.2) is 34.1 Å². The molecular formula is C18H21FN4O2S2. The Morgan fingerprint density at radius 3 is 2.78 bits per heavy atom. The molecule has 0 unspecified atom stereocenters. The van der Waals surface area contributed by atoms with Gasteiger partial charge in [-0.15, -0.1) is 10.2 Å². The van der Waals surface area contributed by atoms with Crippen LogP contribution in [0.5, 0.6) is 0 Å². The highest BCUT2D eigenvalue weighted by molar-refractivity contribution is 8.01. The molecule has 144 valence electrons. The van der Waals surface area contributed by atoms with Gasteiger partial charge in [-0.25, -0.2) is 4.39 Å². The minimum atomic E-state index is -0.245. The number of carbonyl (C=O) groups excluding carboxylic acids is 2. The molecule has 0 atom stereocenters. The van der Waals surface area contributed by atoms with Crippen LogP contribution in [-0.4, -0.2) is 52.3 Å². The predicted molar refractivity (Wildman–Crippen MR) is 103 cm³/mol. The smallest absolute Gasteiger partial charge is 0.233 e. The van der Waals surface area contributed by atoms with Gasteiger partial charge in [0.15, 0.2) is 4.34 Å². The van der Waals surface area contributed by atoms with E-state index in [1.807, 2.05) is 0 Å². The fourth-order valence-electron chi connectivity index (χ4n) is 3.00. The molecule has 0 radical (unpaired) electrons. The van der Waals surface area contributed by atoms with Crippen LogP contribution in [0.3, 0.4) is 0 Å². The van der Waals surface area contributed by atoms with E-state index < -0.39 is 0 Å². The van der Waals surface area contributed by atoms with Crippen LogP contribution >= 0.6 is 23.1 Å². The molecule has 2 heterocycles. The number of nitrogens with one attached hydrogen (secondary N) is 1. The van der Waals surface area contributed by atoms with Gasteiger partial charge in [0.2, 0.25) is 11.8 Å². The highest BCUT2D eigenvalue weighted by atomic mass is 32.2. The van der Waals surface area contributed by atoms with Crippen LogP contribution in [0.4, 0.5) is 4.39 Å². The molecule has 1 fully saturated rings. The van der Waals surface area contributed by atoms with Gasteiger partial charge in [0.05, 0.1) is 5.75 Å². The van der Waals surface area contributed by atoms with Crippen LogP contribution in [-0.2, 0) is 16.0 Å². The van der Waals surface area contributed by atoms with E-state index in [0.29, 0.717) is 50.2 Å². The molecule has 1 aliphatic heterocycles. The molecular weight excluding hydrogens is 387 g/mol. The molecule has 0 aliphatic carbocycles. The Hall–Kier alpha value is -2.00. The van der Waals surface area contributed by atoms with E-state index in [4.69, 9.17) is 0 Å².